The predicted octanol–water partition coefficient (Wildman–Crippen LogP) is 10.8. The first kappa shape index (κ1) is 27.4. The maximum atomic E-state index is 9.16. The van der Waals surface area contributed by atoms with Gasteiger partial charge in [-0.25, -0.2) is 0 Å². The van der Waals surface area contributed by atoms with Gasteiger partial charge >= 0.3 is 0 Å². The molecule has 1 aliphatic heterocycles. The van der Waals surface area contributed by atoms with Crippen LogP contribution in [0, 0.1) is 11.3 Å². The summed E-state index contributed by atoms with van der Waals surface area (Å²) < 4.78 is 2.36. The van der Waals surface area contributed by atoms with Gasteiger partial charge < -0.3 is 9.47 Å². The van der Waals surface area contributed by atoms with E-state index in [0.717, 1.165) is 29.8 Å². The van der Waals surface area contributed by atoms with Crippen molar-refractivity contribution in [3.63, 3.8) is 0 Å². The van der Waals surface area contributed by atoms with Crippen LogP contribution in [0.4, 0.5) is 11.4 Å². The molecule has 0 fully saturated rings. The molecule has 0 radical (unpaired) electrons. The second kappa shape index (κ2) is 11.8. The summed E-state index contributed by atoms with van der Waals surface area (Å²) in [5.41, 5.74) is 12.6. The van der Waals surface area contributed by atoms with E-state index in [1.165, 1.54) is 49.9 Å². The van der Waals surface area contributed by atoms with Crippen LogP contribution in [0.5, 0.6) is 0 Å². The summed E-state index contributed by atoms with van der Waals surface area (Å²) in [6.45, 7) is 0.776. The van der Waals surface area contributed by atoms with E-state index >= 15 is 0 Å². The van der Waals surface area contributed by atoms with Gasteiger partial charge in [-0.1, -0.05) is 97.1 Å². The van der Waals surface area contributed by atoms with Crippen molar-refractivity contribution in [3.8, 4) is 34.0 Å². The average Bonchev–Trinajstić information content (AvgIpc) is 3.50. The molecule has 0 saturated carbocycles. The van der Waals surface area contributed by atoms with Crippen LogP contribution in [0.25, 0.3) is 49.7 Å². The zero-order valence-corrected chi connectivity index (χ0v) is 25.3. The second-order valence-corrected chi connectivity index (χ2v) is 11.7. The maximum absolute atomic E-state index is 9.16. The number of nitriles is 1. The molecule has 0 amide bonds. The Kier molecular flexibility index (Phi) is 7.02. The minimum Gasteiger partial charge on any atom is -0.337 e. The van der Waals surface area contributed by atoms with Crippen molar-refractivity contribution in [2.24, 2.45) is 0 Å². The van der Waals surface area contributed by atoms with Gasteiger partial charge in [0.15, 0.2) is 0 Å². The van der Waals surface area contributed by atoms with Crippen LogP contribution in [-0.4, -0.2) is 11.1 Å². The zero-order valence-electron chi connectivity index (χ0n) is 25.3. The molecule has 7 aromatic rings. The van der Waals surface area contributed by atoms with Crippen LogP contribution < -0.4 is 4.90 Å². The van der Waals surface area contributed by atoms with Gasteiger partial charge in [0.1, 0.15) is 0 Å². The Morgan fingerprint density at radius 1 is 0.522 bits per heavy atom. The molecule has 0 N–H and O–H groups in total. The molecular weight excluding hydrogens is 558 g/mol. The number of para-hydroxylation sites is 2. The summed E-state index contributed by atoms with van der Waals surface area (Å²) in [5.74, 6) is 0. The Morgan fingerprint density at radius 3 is 1.98 bits per heavy atom. The van der Waals surface area contributed by atoms with E-state index in [-0.39, 0.29) is 0 Å². The molecule has 1 aromatic heterocycles. The standard InChI is InChI=1S/C43H31N3/c44-30-31-15-17-32(18-16-31)33-19-23-37(24-20-33)45-27-9-2-1-4-10-36-28-34(21-25-41(36)45)35-22-26-43-40(29-35)39-13-7-8-14-42(39)46(43)38-11-5-3-6-12-38/h1-9,11-26,28-29H,10,27H2/b4-1-,9-2-. The fraction of sp³-hybridized carbons (Fsp3) is 0.0465. The molecule has 1 aliphatic rings. The van der Waals surface area contributed by atoms with Crippen LogP contribution in [0.2, 0.25) is 0 Å². The molecule has 3 heteroatoms. The summed E-state index contributed by atoms with van der Waals surface area (Å²) in [7, 11) is 0. The van der Waals surface area contributed by atoms with E-state index in [2.05, 4.69) is 155 Å². The van der Waals surface area contributed by atoms with Gasteiger partial charge in [0.2, 0.25) is 0 Å². The van der Waals surface area contributed by atoms with Gasteiger partial charge in [-0.15, -0.1) is 0 Å². The predicted molar refractivity (Wildman–Crippen MR) is 192 cm³/mol. The Labute approximate surface area is 269 Å². The van der Waals surface area contributed by atoms with Crippen molar-refractivity contribution in [1.29, 1.82) is 5.26 Å². The maximum Gasteiger partial charge on any atom is 0.0991 e. The molecule has 46 heavy (non-hydrogen) atoms. The van der Waals surface area contributed by atoms with E-state index in [1.54, 1.807) is 0 Å². The Balaban J connectivity index is 1.18. The quantitative estimate of drug-likeness (QED) is 0.205. The van der Waals surface area contributed by atoms with Gasteiger partial charge in [0.25, 0.3) is 0 Å². The molecule has 6 aromatic carbocycles. The number of anilines is 2. The van der Waals surface area contributed by atoms with E-state index in [4.69, 9.17) is 5.26 Å². The molecule has 0 unspecified atom stereocenters. The highest BCUT2D eigenvalue weighted by atomic mass is 15.1. The molecular formula is C43H31N3. The van der Waals surface area contributed by atoms with Gasteiger partial charge in [-0.05, 0) is 101 Å². The Hall–Kier alpha value is -6.11. The van der Waals surface area contributed by atoms with Crippen molar-refractivity contribution >= 4 is 33.2 Å². The lowest BCUT2D eigenvalue weighted by Gasteiger charge is -2.27. The fourth-order valence-corrected chi connectivity index (χ4v) is 6.63. The van der Waals surface area contributed by atoms with Crippen LogP contribution in [-0.2, 0) is 6.42 Å². The number of nitrogens with zero attached hydrogens (tertiary/aromatic N) is 3. The number of fused-ring (bicyclic) bond motifs is 4. The number of benzene rings is 6. The minimum atomic E-state index is 0.673. The van der Waals surface area contributed by atoms with Gasteiger partial charge in [-0.3, -0.25) is 0 Å². The van der Waals surface area contributed by atoms with Crippen molar-refractivity contribution < 1.29 is 0 Å². The summed E-state index contributed by atoms with van der Waals surface area (Å²) >= 11 is 0. The molecule has 0 spiro atoms. The second-order valence-electron chi connectivity index (χ2n) is 11.7. The number of rotatable bonds is 4. The van der Waals surface area contributed by atoms with Crippen molar-refractivity contribution in [2.75, 3.05) is 11.4 Å². The van der Waals surface area contributed by atoms with E-state index in [0.29, 0.717) is 5.56 Å². The highest BCUT2D eigenvalue weighted by molar-refractivity contribution is 6.10. The minimum absolute atomic E-state index is 0.673. The van der Waals surface area contributed by atoms with Gasteiger partial charge in [-0.2, -0.15) is 5.26 Å². The lowest BCUT2D eigenvalue weighted by atomic mass is 9.97. The normalized spacial score (nSPS) is 14.2. The summed E-state index contributed by atoms with van der Waals surface area (Å²) in [6.07, 6.45) is 9.60. The largest absolute Gasteiger partial charge is 0.337 e. The van der Waals surface area contributed by atoms with Crippen LogP contribution in [0.3, 0.4) is 0 Å². The molecule has 0 bridgehead atoms. The van der Waals surface area contributed by atoms with Crippen molar-refractivity contribution in [3.05, 3.63) is 175 Å². The van der Waals surface area contributed by atoms with Crippen LogP contribution >= 0.6 is 0 Å². The lowest BCUT2D eigenvalue weighted by Crippen LogP contribution is -2.18. The first-order valence-electron chi connectivity index (χ1n) is 15.7. The Morgan fingerprint density at radius 2 is 1.17 bits per heavy atom. The summed E-state index contributed by atoms with van der Waals surface area (Å²) in [6, 6.07) is 51.8. The number of aromatic nitrogens is 1. The Bertz CT molecular complexity index is 2300. The number of hydrogen-bond donors (Lipinski definition) is 0. The number of hydrogen-bond acceptors (Lipinski definition) is 2. The molecule has 2 heterocycles. The molecule has 218 valence electrons. The topological polar surface area (TPSA) is 32.0 Å². The zero-order chi connectivity index (χ0) is 30.9. The number of allylic oxidation sites excluding steroid dienone is 3. The fourth-order valence-electron chi connectivity index (χ4n) is 6.63. The van der Waals surface area contributed by atoms with E-state index in [9.17, 15) is 0 Å². The van der Waals surface area contributed by atoms with Crippen molar-refractivity contribution in [1.82, 2.24) is 4.57 Å². The smallest absolute Gasteiger partial charge is 0.0991 e. The third kappa shape index (κ3) is 4.97. The highest BCUT2D eigenvalue weighted by Gasteiger charge is 2.16. The van der Waals surface area contributed by atoms with Crippen molar-refractivity contribution in [2.45, 2.75) is 6.42 Å². The molecule has 3 nitrogen and oxygen atoms in total. The van der Waals surface area contributed by atoms with Crippen LogP contribution in [0.15, 0.2) is 164 Å². The first-order valence-corrected chi connectivity index (χ1v) is 15.7. The average molecular weight is 590 g/mol. The molecule has 0 aliphatic carbocycles. The highest BCUT2D eigenvalue weighted by Crippen LogP contribution is 2.38. The van der Waals surface area contributed by atoms with E-state index in [1.807, 2.05) is 24.3 Å². The molecule has 0 atom stereocenters. The summed E-state index contributed by atoms with van der Waals surface area (Å²) in [4.78, 5) is 2.39. The summed E-state index contributed by atoms with van der Waals surface area (Å²) in [5, 5.41) is 11.7. The third-order valence-corrected chi connectivity index (χ3v) is 8.93. The van der Waals surface area contributed by atoms with Gasteiger partial charge in [0.05, 0.1) is 22.7 Å². The first-order chi connectivity index (χ1) is 22.8. The lowest BCUT2D eigenvalue weighted by molar-refractivity contribution is 1.07. The third-order valence-electron chi connectivity index (χ3n) is 8.93. The molecule has 0 saturated heterocycles. The SMILES string of the molecule is N#Cc1ccc(-c2ccc(N3C/C=C\C=C/Cc4cc(-c5ccc6c(c5)c5ccccc5n6-c5ccccc5)ccc43)cc2)cc1. The van der Waals surface area contributed by atoms with Crippen LogP contribution in [0.1, 0.15) is 11.1 Å². The monoisotopic (exact) mass is 589 g/mol. The van der Waals surface area contributed by atoms with E-state index < -0.39 is 0 Å². The van der Waals surface area contributed by atoms with Gasteiger partial charge in [0, 0.05) is 34.4 Å². The molecule has 8 rings (SSSR count).